The van der Waals surface area contributed by atoms with Crippen molar-refractivity contribution in [2.24, 2.45) is 0 Å². The van der Waals surface area contributed by atoms with Crippen LogP contribution in [0.5, 0.6) is 5.75 Å². The smallest absolute Gasteiger partial charge is 0.340 e. The van der Waals surface area contributed by atoms with Gasteiger partial charge in [0.1, 0.15) is 5.75 Å². The van der Waals surface area contributed by atoms with Gasteiger partial charge in [0, 0.05) is 37.3 Å². The second-order valence-corrected chi connectivity index (χ2v) is 7.75. The first kappa shape index (κ1) is 19.0. The lowest BCUT2D eigenvalue weighted by Gasteiger charge is -2.29. The first-order valence-corrected chi connectivity index (χ1v) is 10.2. The zero-order chi connectivity index (χ0) is 19.7. The van der Waals surface area contributed by atoms with Gasteiger partial charge in [0.05, 0.1) is 29.3 Å². The molecule has 146 valence electrons. The minimum absolute atomic E-state index is 0.271. The van der Waals surface area contributed by atoms with Gasteiger partial charge >= 0.3 is 5.97 Å². The first-order chi connectivity index (χ1) is 13.6. The Morgan fingerprint density at radius 1 is 1.18 bits per heavy atom. The van der Waals surface area contributed by atoms with E-state index >= 15 is 0 Å². The Morgan fingerprint density at radius 3 is 2.68 bits per heavy atom. The molecule has 0 N–H and O–H groups in total. The number of esters is 1. The van der Waals surface area contributed by atoms with Gasteiger partial charge in [-0.2, -0.15) is 0 Å². The number of nitrogens with zero attached hydrogens (tertiary/aromatic N) is 2. The third kappa shape index (κ3) is 3.42. The van der Waals surface area contributed by atoms with Crippen LogP contribution >= 0.6 is 15.9 Å². The molecule has 0 saturated carbocycles. The molecule has 0 aliphatic carbocycles. The van der Waals surface area contributed by atoms with Crippen LogP contribution in [0.4, 0.5) is 0 Å². The lowest BCUT2D eigenvalue weighted by atomic mass is 10.1. The summed E-state index contributed by atoms with van der Waals surface area (Å²) in [6.45, 7) is 5.51. The maximum atomic E-state index is 12.8. The minimum atomic E-state index is -0.271. The van der Waals surface area contributed by atoms with Crippen LogP contribution in [0.2, 0.25) is 0 Å². The van der Waals surface area contributed by atoms with Crippen LogP contribution in [0.1, 0.15) is 28.5 Å². The molecule has 28 heavy (non-hydrogen) atoms. The predicted molar refractivity (Wildman–Crippen MR) is 113 cm³/mol. The lowest BCUT2D eigenvalue weighted by molar-refractivity contribution is 0.0524. The van der Waals surface area contributed by atoms with E-state index in [1.54, 1.807) is 7.11 Å². The van der Waals surface area contributed by atoms with Crippen LogP contribution in [0.15, 0.2) is 46.9 Å². The zero-order valence-corrected chi connectivity index (χ0v) is 17.7. The monoisotopic (exact) mass is 442 g/mol. The van der Waals surface area contributed by atoms with Gasteiger partial charge in [0.15, 0.2) is 0 Å². The largest absolute Gasteiger partial charge is 0.496 e. The number of halogens is 1. The molecule has 3 aromatic rings. The van der Waals surface area contributed by atoms with Crippen molar-refractivity contribution in [1.82, 2.24) is 9.47 Å². The van der Waals surface area contributed by atoms with Crippen LogP contribution < -0.4 is 4.74 Å². The summed E-state index contributed by atoms with van der Waals surface area (Å²) in [7, 11) is 1.63. The van der Waals surface area contributed by atoms with E-state index in [9.17, 15) is 4.79 Å². The van der Waals surface area contributed by atoms with E-state index in [4.69, 9.17) is 9.47 Å². The van der Waals surface area contributed by atoms with Crippen LogP contribution in [-0.4, -0.2) is 35.7 Å². The molecule has 6 heteroatoms. The van der Waals surface area contributed by atoms with Gasteiger partial charge in [-0.25, -0.2) is 4.79 Å². The number of methoxy groups -OCH3 is 1. The van der Waals surface area contributed by atoms with E-state index in [2.05, 4.69) is 49.7 Å². The van der Waals surface area contributed by atoms with E-state index in [1.165, 1.54) is 5.56 Å². The molecule has 0 saturated heterocycles. The van der Waals surface area contributed by atoms with Crippen molar-refractivity contribution in [2.45, 2.75) is 26.6 Å². The Bertz CT molecular complexity index is 1010. The van der Waals surface area contributed by atoms with Crippen molar-refractivity contribution < 1.29 is 14.3 Å². The summed E-state index contributed by atoms with van der Waals surface area (Å²) in [5.74, 6) is 0.439. The zero-order valence-electron chi connectivity index (χ0n) is 16.1. The molecule has 0 radical (unpaired) electrons. The quantitative estimate of drug-likeness (QED) is 0.541. The number of rotatable bonds is 5. The SMILES string of the molecule is CCOC(=O)c1c2n(c3cc(Br)c(OC)cc13)CCN(Cc1ccccc1)C2. The molecule has 4 rings (SSSR count). The molecule has 0 bridgehead atoms. The number of ether oxygens (including phenoxy) is 2. The molecule has 0 spiro atoms. The Hall–Kier alpha value is -2.31. The highest BCUT2D eigenvalue weighted by atomic mass is 79.9. The minimum Gasteiger partial charge on any atom is -0.496 e. The second kappa shape index (κ2) is 7.97. The van der Waals surface area contributed by atoms with Crippen molar-refractivity contribution in [1.29, 1.82) is 0 Å². The third-order valence-electron chi connectivity index (χ3n) is 5.19. The number of carbonyl (C=O) groups is 1. The molecule has 2 aromatic carbocycles. The molecule has 1 aliphatic heterocycles. The third-order valence-corrected chi connectivity index (χ3v) is 5.81. The lowest BCUT2D eigenvalue weighted by Crippen LogP contribution is -2.33. The van der Waals surface area contributed by atoms with Gasteiger partial charge in [0.2, 0.25) is 0 Å². The van der Waals surface area contributed by atoms with Crippen LogP contribution in [0, 0.1) is 0 Å². The highest BCUT2D eigenvalue weighted by Crippen LogP contribution is 2.37. The van der Waals surface area contributed by atoms with Crippen molar-refractivity contribution in [3.8, 4) is 5.75 Å². The molecule has 0 fully saturated rings. The Kier molecular flexibility index (Phi) is 5.42. The van der Waals surface area contributed by atoms with Gasteiger partial charge in [-0.3, -0.25) is 4.90 Å². The normalized spacial score (nSPS) is 14.1. The van der Waals surface area contributed by atoms with Gasteiger partial charge in [-0.1, -0.05) is 30.3 Å². The molecular weight excluding hydrogens is 420 g/mol. The van der Waals surface area contributed by atoms with E-state index < -0.39 is 0 Å². The van der Waals surface area contributed by atoms with Crippen molar-refractivity contribution in [2.75, 3.05) is 20.3 Å². The first-order valence-electron chi connectivity index (χ1n) is 9.44. The summed E-state index contributed by atoms with van der Waals surface area (Å²) in [6.07, 6.45) is 0. The molecule has 0 unspecified atom stereocenters. The van der Waals surface area contributed by atoms with Gasteiger partial charge in [0.25, 0.3) is 0 Å². The maximum absolute atomic E-state index is 12.8. The van der Waals surface area contributed by atoms with Crippen LogP contribution in [0.3, 0.4) is 0 Å². The van der Waals surface area contributed by atoms with E-state index in [1.807, 2.05) is 25.1 Å². The fourth-order valence-electron chi connectivity index (χ4n) is 3.92. The number of aromatic nitrogens is 1. The number of hydrogen-bond donors (Lipinski definition) is 0. The molecule has 0 amide bonds. The highest BCUT2D eigenvalue weighted by Gasteiger charge is 2.28. The number of carbonyl (C=O) groups excluding carboxylic acids is 1. The molecule has 1 aromatic heterocycles. The Labute approximate surface area is 173 Å². The van der Waals surface area contributed by atoms with E-state index in [0.29, 0.717) is 24.5 Å². The summed E-state index contributed by atoms with van der Waals surface area (Å²) in [4.78, 5) is 15.2. The number of benzene rings is 2. The highest BCUT2D eigenvalue weighted by molar-refractivity contribution is 9.10. The van der Waals surface area contributed by atoms with Crippen LogP contribution in [0.25, 0.3) is 10.9 Å². The van der Waals surface area contributed by atoms with E-state index in [0.717, 1.165) is 40.7 Å². The molecule has 5 nitrogen and oxygen atoms in total. The number of hydrogen-bond acceptors (Lipinski definition) is 4. The molecule has 0 atom stereocenters. The van der Waals surface area contributed by atoms with E-state index in [-0.39, 0.29) is 5.97 Å². The number of fused-ring (bicyclic) bond motifs is 3. The predicted octanol–water partition coefficient (Wildman–Crippen LogP) is 4.60. The van der Waals surface area contributed by atoms with Gasteiger partial charge in [-0.05, 0) is 40.5 Å². The summed E-state index contributed by atoms with van der Waals surface area (Å²) in [5, 5.41) is 0.884. The van der Waals surface area contributed by atoms with Crippen LogP contribution in [-0.2, 0) is 24.4 Å². The fourth-order valence-corrected chi connectivity index (χ4v) is 4.41. The molecular formula is C22H23BrN2O3. The molecule has 2 heterocycles. The standard InChI is InChI=1S/C22H23BrN2O3/c1-3-28-22(26)21-16-11-20(27-2)17(23)12-18(16)25-10-9-24(14-19(21)25)13-15-7-5-4-6-8-15/h4-8,11-12H,3,9-10,13-14H2,1-2H3. The summed E-state index contributed by atoms with van der Waals surface area (Å²) < 4.78 is 14.0. The summed E-state index contributed by atoms with van der Waals surface area (Å²) in [5.41, 5.74) is 3.97. The topological polar surface area (TPSA) is 43.7 Å². The Balaban J connectivity index is 1.78. The average molecular weight is 443 g/mol. The summed E-state index contributed by atoms with van der Waals surface area (Å²) in [6, 6.07) is 14.4. The van der Waals surface area contributed by atoms with Crippen molar-refractivity contribution >= 4 is 32.8 Å². The fraction of sp³-hybridized carbons (Fsp3) is 0.318. The van der Waals surface area contributed by atoms with Crippen molar-refractivity contribution in [3.05, 3.63) is 63.8 Å². The Morgan fingerprint density at radius 2 is 1.96 bits per heavy atom. The van der Waals surface area contributed by atoms with Gasteiger partial charge in [-0.15, -0.1) is 0 Å². The maximum Gasteiger partial charge on any atom is 0.340 e. The average Bonchev–Trinajstić information content (AvgIpc) is 3.00. The van der Waals surface area contributed by atoms with Crippen molar-refractivity contribution in [3.63, 3.8) is 0 Å². The van der Waals surface area contributed by atoms with Gasteiger partial charge < -0.3 is 14.0 Å². The second-order valence-electron chi connectivity index (χ2n) is 6.89. The molecule has 1 aliphatic rings. The summed E-state index contributed by atoms with van der Waals surface area (Å²) >= 11 is 3.57.